The normalized spacial score (nSPS) is 11.8. The Hall–Kier alpha value is -2.49. The van der Waals surface area contributed by atoms with Crippen LogP contribution in [-0.2, 0) is 4.79 Å². The van der Waals surface area contributed by atoms with Gasteiger partial charge in [0.15, 0.2) is 6.10 Å². The van der Waals surface area contributed by atoms with Gasteiger partial charge in [-0.3, -0.25) is 4.79 Å². The first-order chi connectivity index (χ1) is 9.95. The zero-order valence-corrected chi connectivity index (χ0v) is 12.5. The molecule has 2 rings (SSSR count). The molecule has 3 N–H and O–H groups in total. The van der Waals surface area contributed by atoms with E-state index in [-0.39, 0.29) is 5.91 Å². The number of rotatable bonds is 4. The van der Waals surface area contributed by atoms with Crippen LogP contribution in [0.3, 0.4) is 0 Å². The van der Waals surface area contributed by atoms with E-state index < -0.39 is 6.10 Å². The average Bonchev–Trinajstić information content (AvgIpc) is 2.45. The van der Waals surface area contributed by atoms with Crippen LogP contribution in [0.25, 0.3) is 0 Å². The summed E-state index contributed by atoms with van der Waals surface area (Å²) in [6.45, 7) is 5.78. The summed E-state index contributed by atoms with van der Waals surface area (Å²) in [6.07, 6.45) is -0.579. The van der Waals surface area contributed by atoms with E-state index in [0.717, 1.165) is 5.56 Å². The van der Waals surface area contributed by atoms with Crippen LogP contribution in [0.15, 0.2) is 42.5 Å². The Morgan fingerprint density at radius 1 is 1.10 bits per heavy atom. The number of ether oxygens (including phenoxy) is 1. The monoisotopic (exact) mass is 284 g/mol. The zero-order chi connectivity index (χ0) is 15.4. The molecule has 0 aliphatic heterocycles. The lowest BCUT2D eigenvalue weighted by molar-refractivity contribution is -0.122. The van der Waals surface area contributed by atoms with E-state index in [1.807, 2.05) is 32.0 Å². The number of carbonyl (C=O) groups is 1. The highest BCUT2D eigenvalue weighted by atomic mass is 16.5. The molecule has 0 spiro atoms. The topological polar surface area (TPSA) is 64.3 Å². The van der Waals surface area contributed by atoms with E-state index >= 15 is 0 Å². The summed E-state index contributed by atoms with van der Waals surface area (Å²) in [6, 6.07) is 12.8. The van der Waals surface area contributed by atoms with Crippen molar-refractivity contribution >= 4 is 17.3 Å². The third kappa shape index (κ3) is 3.99. The van der Waals surface area contributed by atoms with E-state index in [1.54, 1.807) is 31.2 Å². The number of nitrogens with one attached hydrogen (secondary N) is 1. The van der Waals surface area contributed by atoms with E-state index in [0.29, 0.717) is 17.1 Å². The fourth-order valence-corrected chi connectivity index (χ4v) is 1.86. The van der Waals surface area contributed by atoms with Gasteiger partial charge < -0.3 is 15.8 Å². The van der Waals surface area contributed by atoms with Crippen molar-refractivity contribution in [3.8, 4) is 5.75 Å². The predicted octanol–water partition coefficient (Wildman–Crippen LogP) is 3.29. The molecule has 1 atom stereocenters. The third-order valence-electron chi connectivity index (χ3n) is 3.34. The number of benzene rings is 2. The molecule has 2 aromatic rings. The number of hydrogen-bond acceptors (Lipinski definition) is 3. The maximum absolute atomic E-state index is 12.1. The van der Waals surface area contributed by atoms with Crippen molar-refractivity contribution in [3.63, 3.8) is 0 Å². The van der Waals surface area contributed by atoms with E-state index in [4.69, 9.17) is 10.5 Å². The van der Waals surface area contributed by atoms with Gasteiger partial charge >= 0.3 is 0 Å². The first-order valence-electron chi connectivity index (χ1n) is 6.86. The van der Waals surface area contributed by atoms with Crippen LogP contribution in [0, 0.1) is 13.8 Å². The Morgan fingerprint density at radius 2 is 1.76 bits per heavy atom. The molecule has 1 unspecified atom stereocenters. The minimum atomic E-state index is -0.579. The summed E-state index contributed by atoms with van der Waals surface area (Å²) in [4.78, 5) is 12.1. The number of carbonyl (C=O) groups excluding carboxylic acids is 1. The summed E-state index contributed by atoms with van der Waals surface area (Å²) in [5.74, 6) is 0.496. The van der Waals surface area contributed by atoms with Crippen molar-refractivity contribution < 1.29 is 9.53 Å². The second-order valence-corrected chi connectivity index (χ2v) is 5.12. The summed E-state index contributed by atoms with van der Waals surface area (Å²) < 4.78 is 5.67. The van der Waals surface area contributed by atoms with Crippen LogP contribution in [0.5, 0.6) is 5.75 Å². The quantitative estimate of drug-likeness (QED) is 0.847. The van der Waals surface area contributed by atoms with Crippen LogP contribution in [-0.4, -0.2) is 12.0 Å². The van der Waals surface area contributed by atoms with Crippen molar-refractivity contribution in [1.29, 1.82) is 0 Å². The second kappa shape index (κ2) is 6.31. The molecule has 110 valence electrons. The Balaban J connectivity index is 1.98. The largest absolute Gasteiger partial charge is 0.481 e. The standard InChI is InChI=1S/C17H20N2O2/c1-11-4-9-16(10-12(11)2)21-13(3)17(20)19-15-7-5-14(18)6-8-15/h4-10,13H,18H2,1-3H3,(H,19,20). The molecular formula is C17H20N2O2. The fourth-order valence-electron chi connectivity index (χ4n) is 1.86. The molecule has 2 aromatic carbocycles. The molecule has 0 aliphatic carbocycles. The molecule has 0 heterocycles. The Bertz CT molecular complexity index is 636. The van der Waals surface area contributed by atoms with Crippen LogP contribution >= 0.6 is 0 Å². The minimum absolute atomic E-state index is 0.196. The number of aryl methyl sites for hydroxylation is 2. The maximum atomic E-state index is 12.1. The van der Waals surface area contributed by atoms with Crippen molar-refractivity contribution in [1.82, 2.24) is 0 Å². The van der Waals surface area contributed by atoms with E-state index in [9.17, 15) is 4.79 Å². The Labute approximate surface area is 124 Å². The molecule has 0 aromatic heterocycles. The number of nitrogens with two attached hydrogens (primary N) is 1. The summed E-state index contributed by atoms with van der Waals surface area (Å²) in [7, 11) is 0. The lowest BCUT2D eigenvalue weighted by Crippen LogP contribution is -2.30. The molecule has 0 radical (unpaired) electrons. The van der Waals surface area contributed by atoms with Gasteiger partial charge in [0.25, 0.3) is 5.91 Å². The molecule has 0 bridgehead atoms. The number of hydrogen-bond donors (Lipinski definition) is 2. The van der Waals surface area contributed by atoms with Crippen LogP contribution in [0.2, 0.25) is 0 Å². The van der Waals surface area contributed by atoms with Gasteiger partial charge in [0.2, 0.25) is 0 Å². The molecule has 4 heteroatoms. The lowest BCUT2D eigenvalue weighted by atomic mass is 10.1. The number of nitrogen functional groups attached to an aromatic ring is 1. The van der Waals surface area contributed by atoms with Crippen molar-refractivity contribution in [2.24, 2.45) is 0 Å². The fraction of sp³-hybridized carbons (Fsp3) is 0.235. The SMILES string of the molecule is Cc1ccc(OC(C)C(=O)Nc2ccc(N)cc2)cc1C. The zero-order valence-electron chi connectivity index (χ0n) is 12.5. The smallest absolute Gasteiger partial charge is 0.265 e. The molecule has 0 aliphatic rings. The van der Waals surface area contributed by atoms with Crippen molar-refractivity contribution in [2.75, 3.05) is 11.1 Å². The van der Waals surface area contributed by atoms with Gasteiger partial charge in [-0.1, -0.05) is 6.07 Å². The van der Waals surface area contributed by atoms with Crippen molar-refractivity contribution in [2.45, 2.75) is 26.9 Å². The Morgan fingerprint density at radius 3 is 2.38 bits per heavy atom. The van der Waals surface area contributed by atoms with Gasteiger partial charge in [-0.2, -0.15) is 0 Å². The van der Waals surface area contributed by atoms with Gasteiger partial charge in [-0.25, -0.2) is 0 Å². The minimum Gasteiger partial charge on any atom is -0.481 e. The number of amides is 1. The van der Waals surface area contributed by atoms with Crippen molar-refractivity contribution in [3.05, 3.63) is 53.6 Å². The predicted molar refractivity (Wildman–Crippen MR) is 85.5 cm³/mol. The summed E-state index contributed by atoms with van der Waals surface area (Å²) >= 11 is 0. The highest BCUT2D eigenvalue weighted by molar-refractivity contribution is 5.94. The molecule has 4 nitrogen and oxygen atoms in total. The third-order valence-corrected chi connectivity index (χ3v) is 3.34. The first-order valence-corrected chi connectivity index (χ1v) is 6.86. The lowest BCUT2D eigenvalue weighted by Gasteiger charge is -2.15. The van der Waals surface area contributed by atoms with Gasteiger partial charge in [0, 0.05) is 11.4 Å². The van der Waals surface area contributed by atoms with Gasteiger partial charge in [0.05, 0.1) is 0 Å². The van der Waals surface area contributed by atoms with Crippen LogP contribution < -0.4 is 15.8 Å². The summed E-state index contributed by atoms with van der Waals surface area (Å²) in [5, 5.41) is 2.80. The van der Waals surface area contributed by atoms with E-state index in [1.165, 1.54) is 5.56 Å². The van der Waals surface area contributed by atoms with Gasteiger partial charge in [-0.05, 0) is 68.3 Å². The molecule has 0 saturated heterocycles. The first kappa shape index (κ1) is 14.9. The molecule has 21 heavy (non-hydrogen) atoms. The molecular weight excluding hydrogens is 264 g/mol. The van der Waals surface area contributed by atoms with Crippen LogP contribution in [0.4, 0.5) is 11.4 Å². The second-order valence-electron chi connectivity index (χ2n) is 5.12. The number of anilines is 2. The molecule has 0 fully saturated rings. The van der Waals surface area contributed by atoms with Crippen LogP contribution in [0.1, 0.15) is 18.1 Å². The average molecular weight is 284 g/mol. The maximum Gasteiger partial charge on any atom is 0.265 e. The highest BCUT2D eigenvalue weighted by Gasteiger charge is 2.15. The Kier molecular flexibility index (Phi) is 4.48. The molecule has 0 saturated carbocycles. The highest BCUT2D eigenvalue weighted by Crippen LogP contribution is 2.18. The summed E-state index contributed by atoms with van der Waals surface area (Å²) in [5.41, 5.74) is 9.30. The van der Waals surface area contributed by atoms with E-state index in [2.05, 4.69) is 5.32 Å². The van der Waals surface area contributed by atoms with Gasteiger partial charge in [0.1, 0.15) is 5.75 Å². The molecule has 1 amide bonds. The van der Waals surface area contributed by atoms with Gasteiger partial charge in [-0.15, -0.1) is 0 Å².